The Kier molecular flexibility index (Phi) is 5.30. The Morgan fingerprint density at radius 3 is 2.57 bits per heavy atom. The highest BCUT2D eigenvalue weighted by atomic mass is 35.5. The number of hydrogen-bond acceptors (Lipinski definition) is 5. The first kappa shape index (κ1) is 17.7. The zero-order chi connectivity index (χ0) is 17.2. The maximum Gasteiger partial charge on any atom is 0.243 e. The van der Waals surface area contributed by atoms with Gasteiger partial charge in [-0.05, 0) is 25.1 Å². The summed E-state index contributed by atoms with van der Waals surface area (Å²) in [4.78, 5) is 11.8. The predicted octanol–water partition coefficient (Wildman–Crippen LogP) is 2.55. The van der Waals surface area contributed by atoms with E-state index in [9.17, 15) is 13.2 Å². The Hall–Kier alpha value is -1.61. The molecular formula is C13H13Cl2N3O4S. The van der Waals surface area contributed by atoms with Crippen molar-refractivity contribution in [2.75, 3.05) is 18.9 Å². The van der Waals surface area contributed by atoms with E-state index in [1.807, 2.05) is 0 Å². The smallest absolute Gasteiger partial charge is 0.243 e. The van der Waals surface area contributed by atoms with E-state index >= 15 is 0 Å². The highest BCUT2D eigenvalue weighted by Gasteiger charge is 2.24. The van der Waals surface area contributed by atoms with Crippen LogP contribution in [0.4, 0.5) is 5.82 Å². The third-order valence-corrected chi connectivity index (χ3v) is 5.40. The lowest BCUT2D eigenvalue weighted by Gasteiger charge is -2.16. The maximum atomic E-state index is 12.4. The van der Waals surface area contributed by atoms with Crippen LogP contribution < -0.4 is 5.32 Å². The number of aryl methyl sites for hydroxylation is 1. The number of carbonyl (C=O) groups excluding carboxylic acids is 1. The minimum Gasteiger partial charge on any atom is -0.360 e. The van der Waals surface area contributed by atoms with Gasteiger partial charge in [-0.25, -0.2) is 8.42 Å². The number of anilines is 1. The van der Waals surface area contributed by atoms with E-state index in [-0.39, 0.29) is 20.8 Å². The monoisotopic (exact) mass is 377 g/mol. The van der Waals surface area contributed by atoms with E-state index in [2.05, 4.69) is 10.5 Å². The van der Waals surface area contributed by atoms with Gasteiger partial charge >= 0.3 is 0 Å². The number of hydrogen-bond donors (Lipinski definition) is 1. The number of benzene rings is 1. The zero-order valence-electron chi connectivity index (χ0n) is 12.2. The Morgan fingerprint density at radius 2 is 2.00 bits per heavy atom. The molecule has 0 aliphatic rings. The molecule has 1 heterocycles. The number of nitrogens with one attached hydrogen (secondary N) is 1. The molecule has 10 heteroatoms. The molecule has 0 spiro atoms. The molecule has 0 bridgehead atoms. The highest BCUT2D eigenvalue weighted by molar-refractivity contribution is 7.89. The number of carbonyl (C=O) groups is 1. The second-order valence-corrected chi connectivity index (χ2v) is 7.57. The van der Waals surface area contributed by atoms with Gasteiger partial charge < -0.3 is 9.84 Å². The SMILES string of the molecule is Cc1cc(NC(=O)CN(C)S(=O)(=O)c2ccc(Cl)c(Cl)c2)no1. The molecule has 2 rings (SSSR count). The molecule has 1 aromatic carbocycles. The van der Waals surface area contributed by atoms with Crippen LogP contribution in [0.5, 0.6) is 0 Å². The fraction of sp³-hybridized carbons (Fsp3) is 0.231. The molecule has 0 radical (unpaired) electrons. The van der Waals surface area contributed by atoms with Crippen LogP contribution in [-0.4, -0.2) is 37.4 Å². The van der Waals surface area contributed by atoms with Crippen molar-refractivity contribution >= 4 is 45.0 Å². The van der Waals surface area contributed by atoms with E-state index in [0.29, 0.717) is 5.76 Å². The van der Waals surface area contributed by atoms with Gasteiger partial charge in [0.15, 0.2) is 5.82 Å². The van der Waals surface area contributed by atoms with E-state index in [4.69, 9.17) is 27.7 Å². The largest absolute Gasteiger partial charge is 0.360 e. The van der Waals surface area contributed by atoms with Crippen molar-refractivity contribution in [1.29, 1.82) is 0 Å². The molecule has 1 N–H and O–H groups in total. The summed E-state index contributed by atoms with van der Waals surface area (Å²) in [7, 11) is -2.59. The maximum absolute atomic E-state index is 12.4. The summed E-state index contributed by atoms with van der Waals surface area (Å²) in [5.74, 6) is 0.189. The lowest BCUT2D eigenvalue weighted by molar-refractivity contribution is -0.116. The first-order valence-electron chi connectivity index (χ1n) is 6.34. The van der Waals surface area contributed by atoms with Gasteiger partial charge in [0, 0.05) is 13.1 Å². The average molecular weight is 378 g/mol. The van der Waals surface area contributed by atoms with Gasteiger partial charge in [-0.2, -0.15) is 4.31 Å². The van der Waals surface area contributed by atoms with Gasteiger partial charge in [0.05, 0.1) is 21.5 Å². The molecule has 0 saturated carbocycles. The Balaban J connectivity index is 2.10. The highest BCUT2D eigenvalue weighted by Crippen LogP contribution is 2.26. The van der Waals surface area contributed by atoms with E-state index in [0.717, 1.165) is 4.31 Å². The fourth-order valence-electron chi connectivity index (χ4n) is 1.71. The summed E-state index contributed by atoms with van der Waals surface area (Å²) < 4.78 is 30.5. The third kappa shape index (κ3) is 4.23. The molecule has 1 amide bonds. The summed E-state index contributed by atoms with van der Waals surface area (Å²) in [5.41, 5.74) is 0. The van der Waals surface area contributed by atoms with E-state index < -0.39 is 22.5 Å². The Labute approximate surface area is 143 Å². The van der Waals surface area contributed by atoms with E-state index in [1.54, 1.807) is 6.92 Å². The summed E-state index contributed by atoms with van der Waals surface area (Å²) in [6.07, 6.45) is 0. The van der Waals surface area contributed by atoms with Crippen molar-refractivity contribution in [1.82, 2.24) is 9.46 Å². The lowest BCUT2D eigenvalue weighted by atomic mass is 10.4. The quantitative estimate of drug-likeness (QED) is 0.863. The molecule has 23 heavy (non-hydrogen) atoms. The second-order valence-electron chi connectivity index (χ2n) is 4.71. The lowest BCUT2D eigenvalue weighted by Crippen LogP contribution is -2.35. The van der Waals surface area contributed by atoms with Crippen LogP contribution in [0.15, 0.2) is 33.7 Å². The fourth-order valence-corrected chi connectivity index (χ4v) is 3.23. The molecule has 0 saturated heterocycles. The van der Waals surface area contributed by atoms with Crippen molar-refractivity contribution in [2.24, 2.45) is 0 Å². The average Bonchev–Trinajstić information content (AvgIpc) is 2.86. The molecule has 0 atom stereocenters. The first-order chi connectivity index (χ1) is 10.7. The molecule has 2 aromatic rings. The van der Waals surface area contributed by atoms with Gasteiger partial charge in [0.1, 0.15) is 5.76 Å². The Bertz CT molecular complexity index is 835. The minimum atomic E-state index is -3.87. The van der Waals surface area contributed by atoms with Crippen molar-refractivity contribution in [3.63, 3.8) is 0 Å². The molecule has 124 valence electrons. The van der Waals surface area contributed by atoms with Crippen LogP contribution in [-0.2, 0) is 14.8 Å². The summed E-state index contributed by atoms with van der Waals surface area (Å²) >= 11 is 11.6. The van der Waals surface area contributed by atoms with Crippen LogP contribution in [0.3, 0.4) is 0 Å². The molecular weight excluding hydrogens is 365 g/mol. The van der Waals surface area contributed by atoms with Gasteiger partial charge in [-0.15, -0.1) is 0 Å². The van der Waals surface area contributed by atoms with Gasteiger partial charge in [-0.3, -0.25) is 4.79 Å². The summed E-state index contributed by atoms with van der Waals surface area (Å²) in [6, 6.07) is 5.45. The Morgan fingerprint density at radius 1 is 1.30 bits per heavy atom. The van der Waals surface area contributed by atoms with Crippen molar-refractivity contribution in [3.8, 4) is 0 Å². The standard InChI is InChI=1S/C13H13Cl2N3O4S/c1-8-5-12(17-22-8)16-13(19)7-18(2)23(20,21)9-3-4-10(14)11(15)6-9/h3-6H,7H2,1-2H3,(H,16,17,19). The van der Waals surface area contributed by atoms with Crippen LogP contribution in [0.1, 0.15) is 5.76 Å². The topological polar surface area (TPSA) is 92.5 Å². The molecule has 7 nitrogen and oxygen atoms in total. The van der Waals surface area contributed by atoms with E-state index in [1.165, 1.54) is 31.3 Å². The van der Waals surface area contributed by atoms with Crippen molar-refractivity contribution in [2.45, 2.75) is 11.8 Å². The number of amides is 1. The van der Waals surface area contributed by atoms with Gasteiger partial charge in [0.25, 0.3) is 0 Å². The number of nitrogens with zero attached hydrogens (tertiary/aromatic N) is 2. The van der Waals surface area contributed by atoms with Crippen molar-refractivity contribution < 1.29 is 17.7 Å². The molecule has 0 aliphatic heterocycles. The van der Waals surface area contributed by atoms with Gasteiger partial charge in [-0.1, -0.05) is 28.4 Å². The third-order valence-electron chi connectivity index (χ3n) is 2.86. The number of likely N-dealkylation sites (N-methyl/N-ethyl adjacent to an activating group) is 1. The molecule has 0 fully saturated rings. The van der Waals surface area contributed by atoms with Crippen LogP contribution >= 0.6 is 23.2 Å². The molecule has 0 aliphatic carbocycles. The number of rotatable bonds is 5. The molecule has 1 aromatic heterocycles. The number of sulfonamides is 1. The van der Waals surface area contributed by atoms with Crippen LogP contribution in [0, 0.1) is 6.92 Å². The van der Waals surface area contributed by atoms with Crippen LogP contribution in [0.25, 0.3) is 0 Å². The first-order valence-corrected chi connectivity index (χ1v) is 8.54. The number of halogens is 2. The number of aromatic nitrogens is 1. The second kappa shape index (κ2) is 6.88. The normalized spacial score (nSPS) is 11.7. The molecule has 0 unspecified atom stereocenters. The summed E-state index contributed by atoms with van der Waals surface area (Å²) in [5, 5.41) is 6.40. The minimum absolute atomic E-state index is 0.0560. The van der Waals surface area contributed by atoms with Crippen molar-refractivity contribution in [3.05, 3.63) is 40.1 Å². The van der Waals surface area contributed by atoms with Crippen LogP contribution in [0.2, 0.25) is 10.0 Å². The summed E-state index contributed by atoms with van der Waals surface area (Å²) in [6.45, 7) is 1.28. The van der Waals surface area contributed by atoms with Gasteiger partial charge in [0.2, 0.25) is 15.9 Å². The predicted molar refractivity (Wildman–Crippen MR) is 86.1 cm³/mol. The zero-order valence-corrected chi connectivity index (χ0v) is 14.5.